The van der Waals surface area contributed by atoms with Gasteiger partial charge in [-0.05, 0) is 29.7 Å². The number of hydrogen-bond acceptors (Lipinski definition) is 1. The van der Waals surface area contributed by atoms with Crippen molar-refractivity contribution in [1.29, 1.82) is 0 Å². The molecule has 0 radical (unpaired) electrons. The molecule has 0 aliphatic heterocycles. The van der Waals surface area contributed by atoms with Gasteiger partial charge in [-0.2, -0.15) is 0 Å². The van der Waals surface area contributed by atoms with Crippen molar-refractivity contribution in [1.82, 2.24) is 4.98 Å². The summed E-state index contributed by atoms with van der Waals surface area (Å²) < 4.78 is 1.12. The van der Waals surface area contributed by atoms with Crippen molar-refractivity contribution < 1.29 is 0 Å². The van der Waals surface area contributed by atoms with Crippen LogP contribution in [0.1, 0.15) is 39.2 Å². The quantitative estimate of drug-likeness (QED) is 0.704. The van der Waals surface area contributed by atoms with Crippen LogP contribution in [0.3, 0.4) is 0 Å². The summed E-state index contributed by atoms with van der Waals surface area (Å²) in [6, 6.07) is 8.41. The molecule has 2 aromatic rings. The smallest absolute Gasteiger partial charge is 0.0713 e. The van der Waals surface area contributed by atoms with Gasteiger partial charge in [0.1, 0.15) is 0 Å². The van der Waals surface area contributed by atoms with Crippen LogP contribution in [0.25, 0.3) is 10.9 Å². The van der Waals surface area contributed by atoms with Crippen LogP contribution in [0.4, 0.5) is 0 Å². The molecule has 0 spiro atoms. The van der Waals surface area contributed by atoms with Gasteiger partial charge in [-0.15, -0.1) is 0 Å². The van der Waals surface area contributed by atoms with E-state index in [0.29, 0.717) is 5.92 Å². The molecule has 0 fully saturated rings. The van der Waals surface area contributed by atoms with E-state index < -0.39 is 0 Å². The minimum absolute atomic E-state index is 0.562. The third-order valence-electron chi connectivity index (χ3n) is 2.38. The lowest BCUT2D eigenvalue weighted by molar-refractivity contribution is 0.868. The molecule has 1 nitrogen and oxygen atoms in total. The van der Waals surface area contributed by atoms with Gasteiger partial charge < -0.3 is 0 Å². The van der Waals surface area contributed by atoms with Gasteiger partial charge in [0.2, 0.25) is 0 Å². The number of hydrogen-bond donors (Lipinski definition) is 0. The minimum Gasteiger partial charge on any atom is -0.256 e. The van der Waals surface area contributed by atoms with Crippen molar-refractivity contribution in [3.63, 3.8) is 0 Å². The van der Waals surface area contributed by atoms with Crippen molar-refractivity contribution in [3.8, 4) is 0 Å². The van der Waals surface area contributed by atoms with Crippen LogP contribution in [-0.2, 0) is 0 Å². The molecule has 0 aliphatic carbocycles. The van der Waals surface area contributed by atoms with Gasteiger partial charge in [0.15, 0.2) is 0 Å². The van der Waals surface area contributed by atoms with Crippen LogP contribution >= 0.6 is 15.9 Å². The van der Waals surface area contributed by atoms with Gasteiger partial charge in [0, 0.05) is 16.1 Å². The molecular weight excluding hydrogens is 262 g/mol. The zero-order chi connectivity index (χ0) is 12.1. The van der Waals surface area contributed by atoms with Crippen LogP contribution < -0.4 is 0 Å². The molecule has 0 bridgehead atoms. The fourth-order valence-electron chi connectivity index (χ4n) is 1.49. The monoisotopic (exact) mass is 279 g/mol. The maximum Gasteiger partial charge on any atom is 0.0713 e. The lowest BCUT2D eigenvalue weighted by Gasteiger charge is -2.07. The van der Waals surface area contributed by atoms with Crippen molar-refractivity contribution in [2.45, 2.75) is 33.6 Å². The van der Waals surface area contributed by atoms with Gasteiger partial charge >= 0.3 is 0 Å². The molecule has 0 N–H and O–H groups in total. The maximum absolute atomic E-state index is 4.31. The van der Waals surface area contributed by atoms with Gasteiger partial charge in [-0.3, -0.25) is 4.98 Å². The predicted molar refractivity (Wildman–Crippen MR) is 74.9 cm³/mol. The van der Waals surface area contributed by atoms with Crippen LogP contribution in [0.15, 0.2) is 34.9 Å². The predicted octanol–water partition coefficient (Wildman–Crippen LogP) is 5.15. The number of halogens is 1. The molecule has 86 valence electrons. The second kappa shape index (κ2) is 6.00. The number of pyridine rings is 1. The Kier molecular flexibility index (Phi) is 4.94. The lowest BCUT2D eigenvalue weighted by atomic mass is 10.0. The van der Waals surface area contributed by atoms with Crippen LogP contribution in [0, 0.1) is 0 Å². The fraction of sp³-hybridized carbons (Fsp3) is 0.357. The first kappa shape index (κ1) is 13.2. The topological polar surface area (TPSA) is 12.9 Å². The summed E-state index contributed by atoms with van der Waals surface area (Å²) >= 11 is 3.54. The first-order chi connectivity index (χ1) is 7.68. The number of aromatic nitrogens is 1. The zero-order valence-electron chi connectivity index (χ0n) is 10.3. The maximum atomic E-state index is 4.31. The normalized spacial score (nSPS) is 10.1. The summed E-state index contributed by atoms with van der Waals surface area (Å²) in [6.45, 7) is 8.40. The summed E-state index contributed by atoms with van der Waals surface area (Å²) in [5.41, 5.74) is 2.40. The van der Waals surface area contributed by atoms with E-state index in [1.165, 1.54) is 10.9 Å². The second-order valence-electron chi connectivity index (χ2n) is 3.72. The molecular formula is C14H18BrN. The molecule has 0 saturated carbocycles. The number of fused-ring (bicyclic) bond motifs is 1. The van der Waals surface area contributed by atoms with E-state index in [1.54, 1.807) is 0 Å². The van der Waals surface area contributed by atoms with Crippen LogP contribution in [0.2, 0.25) is 0 Å². The highest BCUT2D eigenvalue weighted by molar-refractivity contribution is 9.10. The van der Waals surface area contributed by atoms with Gasteiger partial charge in [0.25, 0.3) is 0 Å². The highest BCUT2D eigenvalue weighted by Crippen LogP contribution is 2.25. The highest BCUT2D eigenvalue weighted by Gasteiger charge is 2.03. The van der Waals surface area contributed by atoms with E-state index >= 15 is 0 Å². The van der Waals surface area contributed by atoms with E-state index in [9.17, 15) is 0 Å². The molecule has 1 aromatic heterocycles. The van der Waals surface area contributed by atoms with Crippen molar-refractivity contribution in [3.05, 3.63) is 40.5 Å². The summed E-state index contributed by atoms with van der Waals surface area (Å²) in [6.07, 6.45) is 1.82. The molecule has 0 saturated heterocycles. The van der Waals surface area contributed by atoms with E-state index in [-0.39, 0.29) is 0 Å². The Morgan fingerprint density at radius 1 is 1.12 bits per heavy atom. The molecule has 2 heteroatoms. The lowest BCUT2D eigenvalue weighted by Crippen LogP contribution is -1.88. The Hall–Kier alpha value is -0.890. The molecule has 2 rings (SSSR count). The SMILES string of the molecule is CC.CC(C)c1ccc2nccc(Br)c2c1. The molecule has 0 atom stereocenters. The fourth-order valence-corrected chi connectivity index (χ4v) is 1.93. The van der Waals surface area contributed by atoms with Crippen molar-refractivity contribution in [2.75, 3.05) is 0 Å². The molecule has 0 unspecified atom stereocenters. The molecule has 1 heterocycles. The Morgan fingerprint density at radius 2 is 1.81 bits per heavy atom. The first-order valence-corrected chi connectivity index (χ1v) is 6.52. The molecule has 0 amide bonds. The van der Waals surface area contributed by atoms with E-state index in [4.69, 9.17) is 0 Å². The van der Waals surface area contributed by atoms with Gasteiger partial charge in [-0.1, -0.05) is 49.7 Å². The van der Waals surface area contributed by atoms with E-state index in [2.05, 4.69) is 53.0 Å². The Balaban J connectivity index is 0.000000606. The van der Waals surface area contributed by atoms with Gasteiger partial charge in [-0.25, -0.2) is 0 Å². The summed E-state index contributed by atoms with van der Waals surface area (Å²) in [7, 11) is 0. The summed E-state index contributed by atoms with van der Waals surface area (Å²) in [5.74, 6) is 0.562. The summed E-state index contributed by atoms with van der Waals surface area (Å²) in [4.78, 5) is 4.31. The number of rotatable bonds is 1. The second-order valence-corrected chi connectivity index (χ2v) is 4.58. The largest absolute Gasteiger partial charge is 0.256 e. The third kappa shape index (κ3) is 2.82. The summed E-state index contributed by atoms with van der Waals surface area (Å²) in [5, 5.41) is 1.19. The standard InChI is InChI=1S/C12H12BrN.C2H6/c1-8(2)9-3-4-12-10(7-9)11(13)5-6-14-12;1-2/h3-8H,1-2H3;1-2H3. The van der Waals surface area contributed by atoms with Crippen molar-refractivity contribution >= 4 is 26.8 Å². The van der Waals surface area contributed by atoms with E-state index in [1.807, 2.05) is 26.1 Å². The Labute approximate surface area is 106 Å². The highest BCUT2D eigenvalue weighted by atomic mass is 79.9. The Bertz CT molecular complexity index is 463. The number of benzene rings is 1. The van der Waals surface area contributed by atoms with Gasteiger partial charge in [0.05, 0.1) is 5.52 Å². The molecule has 1 aromatic carbocycles. The molecule has 16 heavy (non-hydrogen) atoms. The third-order valence-corrected chi connectivity index (χ3v) is 3.07. The zero-order valence-corrected chi connectivity index (χ0v) is 11.9. The minimum atomic E-state index is 0.562. The Morgan fingerprint density at radius 3 is 2.44 bits per heavy atom. The van der Waals surface area contributed by atoms with Crippen molar-refractivity contribution in [2.24, 2.45) is 0 Å². The average molecular weight is 280 g/mol. The first-order valence-electron chi connectivity index (χ1n) is 5.72. The van der Waals surface area contributed by atoms with Crippen LogP contribution in [-0.4, -0.2) is 4.98 Å². The molecule has 0 aliphatic rings. The number of nitrogens with zero attached hydrogens (tertiary/aromatic N) is 1. The van der Waals surface area contributed by atoms with E-state index in [0.717, 1.165) is 9.99 Å². The van der Waals surface area contributed by atoms with Crippen LogP contribution in [0.5, 0.6) is 0 Å². The average Bonchev–Trinajstić information content (AvgIpc) is 2.32.